The van der Waals surface area contributed by atoms with E-state index in [1.165, 1.54) is 6.33 Å². The highest BCUT2D eigenvalue weighted by Gasteiger charge is 2.37. The Labute approximate surface area is 94.1 Å². The van der Waals surface area contributed by atoms with Crippen LogP contribution in [0, 0.1) is 0 Å². The van der Waals surface area contributed by atoms with Gasteiger partial charge in [-0.05, 0) is 0 Å². The molecular formula is C7H15N3O3SSi. The molecule has 0 aliphatic heterocycles. The summed E-state index contributed by atoms with van der Waals surface area (Å²) in [5.74, 6) is 0.816. The molecular weight excluding hydrogens is 234 g/mol. The summed E-state index contributed by atoms with van der Waals surface area (Å²) in [4.78, 5) is 4.00. The molecule has 1 N–H and O–H groups in total. The fourth-order valence-corrected chi connectivity index (χ4v) is 4.05. The first kappa shape index (κ1) is 12.7. The van der Waals surface area contributed by atoms with E-state index in [0.29, 0.717) is 0 Å². The van der Waals surface area contributed by atoms with Crippen molar-refractivity contribution < 1.29 is 13.3 Å². The quantitative estimate of drug-likeness (QED) is 0.569. The van der Waals surface area contributed by atoms with Crippen LogP contribution >= 0.6 is 11.8 Å². The Hall–Kier alpha value is -0.413. The first-order chi connectivity index (χ1) is 7.26. The lowest BCUT2D eigenvalue weighted by Crippen LogP contribution is -2.43. The third-order valence-corrected chi connectivity index (χ3v) is 5.94. The molecule has 0 aliphatic rings. The maximum atomic E-state index is 5.29. The van der Waals surface area contributed by atoms with Gasteiger partial charge in [0.05, 0.1) is 0 Å². The van der Waals surface area contributed by atoms with Gasteiger partial charge in [0.1, 0.15) is 6.33 Å². The van der Waals surface area contributed by atoms with Gasteiger partial charge in [0.2, 0.25) is 0 Å². The van der Waals surface area contributed by atoms with E-state index in [9.17, 15) is 0 Å². The fraction of sp³-hybridized carbons (Fsp3) is 0.714. The third kappa shape index (κ3) is 3.58. The Morgan fingerprint density at radius 2 is 2.00 bits per heavy atom. The molecule has 15 heavy (non-hydrogen) atoms. The normalized spacial score (nSPS) is 11.9. The van der Waals surface area contributed by atoms with E-state index in [4.69, 9.17) is 13.3 Å². The average molecular weight is 249 g/mol. The summed E-state index contributed by atoms with van der Waals surface area (Å²) in [7, 11) is 2.39. The minimum atomic E-state index is -2.43. The largest absolute Gasteiger partial charge is 0.500 e. The zero-order valence-corrected chi connectivity index (χ0v) is 10.8. The number of aromatic nitrogens is 3. The van der Waals surface area contributed by atoms with Gasteiger partial charge in [-0.1, -0.05) is 11.8 Å². The van der Waals surface area contributed by atoms with Crippen LogP contribution in [-0.2, 0) is 13.3 Å². The molecule has 86 valence electrons. The molecule has 0 saturated heterocycles. The average Bonchev–Trinajstić information content (AvgIpc) is 2.78. The second-order valence-electron chi connectivity index (χ2n) is 2.68. The molecule has 0 aliphatic carbocycles. The number of nitrogens with one attached hydrogen (secondary N) is 1. The summed E-state index contributed by atoms with van der Waals surface area (Å²) in [6.07, 6.45) is 1.48. The standard InChI is InChI=1S/C7H15N3O3SSi/c1-11-15(12-2,13-3)5-4-14-7-8-6-9-10-7/h6H,4-5H2,1-3H3,(H,8,9,10). The number of hydrogen-bond donors (Lipinski definition) is 1. The van der Waals surface area contributed by atoms with Crippen molar-refractivity contribution in [3.63, 3.8) is 0 Å². The number of H-pyrrole nitrogens is 1. The summed E-state index contributed by atoms with van der Waals surface area (Å²) < 4.78 is 15.9. The van der Waals surface area contributed by atoms with Crippen molar-refractivity contribution in [3.8, 4) is 0 Å². The number of nitrogens with zero attached hydrogens (tertiary/aromatic N) is 2. The Bertz CT molecular complexity index is 260. The SMILES string of the molecule is CO[Si](CCSc1ncn[nH]1)(OC)OC. The van der Waals surface area contributed by atoms with Gasteiger partial charge in [0.25, 0.3) is 0 Å². The second-order valence-corrected chi connectivity index (χ2v) is 6.86. The summed E-state index contributed by atoms with van der Waals surface area (Å²) in [5, 5.41) is 7.32. The Kier molecular flexibility index (Phi) is 5.26. The van der Waals surface area contributed by atoms with Crippen molar-refractivity contribution in [1.82, 2.24) is 15.2 Å². The van der Waals surface area contributed by atoms with E-state index >= 15 is 0 Å². The zero-order valence-electron chi connectivity index (χ0n) is 9.02. The van der Waals surface area contributed by atoms with Crippen molar-refractivity contribution in [2.24, 2.45) is 0 Å². The maximum Gasteiger partial charge on any atom is 0.500 e. The van der Waals surface area contributed by atoms with Crippen molar-refractivity contribution in [2.75, 3.05) is 27.1 Å². The van der Waals surface area contributed by atoms with Crippen LogP contribution in [0.15, 0.2) is 11.5 Å². The summed E-state index contributed by atoms with van der Waals surface area (Å²) in [6, 6.07) is 0.738. The molecule has 0 unspecified atom stereocenters. The first-order valence-electron chi connectivity index (χ1n) is 4.40. The predicted molar refractivity (Wildman–Crippen MR) is 58.7 cm³/mol. The molecule has 1 rings (SSSR count). The Balaban J connectivity index is 2.34. The minimum Gasteiger partial charge on any atom is -0.377 e. The molecule has 0 saturated carbocycles. The molecule has 0 fully saturated rings. The van der Waals surface area contributed by atoms with Gasteiger partial charge < -0.3 is 13.3 Å². The molecule has 0 amide bonds. The number of aromatic amines is 1. The minimum absolute atomic E-state index is 0.738. The molecule has 0 bridgehead atoms. The van der Waals surface area contributed by atoms with Gasteiger partial charge in [-0.15, -0.1) is 0 Å². The van der Waals surface area contributed by atoms with Crippen LogP contribution in [0.3, 0.4) is 0 Å². The van der Waals surface area contributed by atoms with Crippen molar-refractivity contribution in [2.45, 2.75) is 11.2 Å². The van der Waals surface area contributed by atoms with Crippen molar-refractivity contribution in [1.29, 1.82) is 0 Å². The highest BCUT2D eigenvalue weighted by atomic mass is 32.2. The van der Waals surface area contributed by atoms with Crippen LogP contribution in [0.1, 0.15) is 0 Å². The van der Waals surface area contributed by atoms with Gasteiger partial charge in [-0.2, -0.15) is 5.10 Å². The van der Waals surface area contributed by atoms with E-state index in [0.717, 1.165) is 17.0 Å². The van der Waals surface area contributed by atoms with Gasteiger partial charge in [0.15, 0.2) is 5.16 Å². The van der Waals surface area contributed by atoms with E-state index in [1.807, 2.05) is 0 Å². The van der Waals surface area contributed by atoms with Crippen LogP contribution < -0.4 is 0 Å². The number of thioether (sulfide) groups is 1. The molecule has 0 aromatic carbocycles. The lowest BCUT2D eigenvalue weighted by molar-refractivity contribution is 0.125. The smallest absolute Gasteiger partial charge is 0.377 e. The summed E-state index contributed by atoms with van der Waals surface area (Å²) in [5.41, 5.74) is 0. The topological polar surface area (TPSA) is 69.3 Å². The van der Waals surface area contributed by atoms with Gasteiger partial charge in [0, 0.05) is 33.1 Å². The maximum absolute atomic E-state index is 5.29. The summed E-state index contributed by atoms with van der Waals surface area (Å²) >= 11 is 1.57. The zero-order chi connectivity index (χ0) is 11.1. The van der Waals surface area contributed by atoms with Crippen LogP contribution in [0.25, 0.3) is 0 Å². The van der Waals surface area contributed by atoms with Crippen LogP contribution in [0.2, 0.25) is 6.04 Å². The molecule has 1 heterocycles. The Morgan fingerprint density at radius 1 is 1.33 bits per heavy atom. The fourth-order valence-electron chi connectivity index (χ4n) is 1.09. The molecule has 1 aromatic rings. The molecule has 1 aromatic heterocycles. The van der Waals surface area contributed by atoms with E-state index in [2.05, 4.69) is 15.2 Å². The highest BCUT2D eigenvalue weighted by molar-refractivity contribution is 7.99. The van der Waals surface area contributed by atoms with Crippen molar-refractivity contribution >= 4 is 20.6 Å². The van der Waals surface area contributed by atoms with Gasteiger partial charge in [-0.25, -0.2) is 4.98 Å². The van der Waals surface area contributed by atoms with Crippen LogP contribution in [0.4, 0.5) is 0 Å². The Morgan fingerprint density at radius 3 is 2.47 bits per heavy atom. The number of hydrogen-bond acceptors (Lipinski definition) is 6. The molecule has 0 atom stereocenters. The highest BCUT2D eigenvalue weighted by Crippen LogP contribution is 2.19. The third-order valence-electron chi connectivity index (χ3n) is 1.97. The lowest BCUT2D eigenvalue weighted by atomic mass is 11.0. The molecule has 8 heteroatoms. The number of rotatable bonds is 7. The van der Waals surface area contributed by atoms with E-state index < -0.39 is 8.80 Å². The van der Waals surface area contributed by atoms with E-state index in [1.54, 1.807) is 33.1 Å². The van der Waals surface area contributed by atoms with Gasteiger partial charge in [-0.3, -0.25) is 5.10 Å². The van der Waals surface area contributed by atoms with Crippen molar-refractivity contribution in [3.05, 3.63) is 6.33 Å². The monoisotopic (exact) mass is 249 g/mol. The van der Waals surface area contributed by atoms with E-state index in [-0.39, 0.29) is 0 Å². The van der Waals surface area contributed by atoms with Gasteiger partial charge >= 0.3 is 8.80 Å². The summed E-state index contributed by atoms with van der Waals surface area (Å²) in [6.45, 7) is 0. The molecule has 0 radical (unpaired) electrons. The first-order valence-corrected chi connectivity index (χ1v) is 7.31. The van der Waals surface area contributed by atoms with Crippen LogP contribution in [0.5, 0.6) is 0 Å². The lowest BCUT2D eigenvalue weighted by Gasteiger charge is -2.23. The molecule has 0 spiro atoms. The van der Waals surface area contributed by atoms with Crippen LogP contribution in [-0.4, -0.2) is 51.1 Å². The predicted octanol–water partition coefficient (Wildman–Crippen LogP) is 0.775. The molecule has 6 nitrogen and oxygen atoms in total. The second kappa shape index (κ2) is 6.23.